The molecule has 0 amide bonds. The molecule has 1 saturated carbocycles. The second-order valence-electron chi connectivity index (χ2n) is 4.89. The van der Waals surface area contributed by atoms with Gasteiger partial charge in [-0.1, -0.05) is 11.8 Å². The van der Waals surface area contributed by atoms with Crippen LogP contribution in [-0.4, -0.2) is 41.4 Å². The lowest BCUT2D eigenvalue weighted by molar-refractivity contribution is -0.133. The van der Waals surface area contributed by atoms with Gasteiger partial charge < -0.3 is 5.11 Å². The van der Waals surface area contributed by atoms with Crippen molar-refractivity contribution in [2.75, 3.05) is 5.75 Å². The van der Waals surface area contributed by atoms with Crippen LogP contribution >= 0.6 is 11.8 Å². The number of rotatable bonds is 5. The SMILES string of the molecule is Cc1nn(C)cc1-c1nnc(SCC(=O)O)n1C1CC1. The number of hydrogen-bond donors (Lipinski definition) is 1. The number of hydrogen-bond acceptors (Lipinski definition) is 5. The zero-order valence-corrected chi connectivity index (χ0v) is 12.1. The molecule has 1 fully saturated rings. The quantitative estimate of drug-likeness (QED) is 0.841. The van der Waals surface area contributed by atoms with Gasteiger partial charge in [-0.15, -0.1) is 10.2 Å². The second kappa shape index (κ2) is 4.93. The molecular formula is C12H15N5O2S. The third-order valence-corrected chi connectivity index (χ3v) is 4.08. The van der Waals surface area contributed by atoms with E-state index in [1.165, 1.54) is 11.8 Å². The first kappa shape index (κ1) is 13.2. The van der Waals surface area contributed by atoms with Crippen LogP contribution in [0.2, 0.25) is 0 Å². The normalized spacial score (nSPS) is 14.7. The van der Waals surface area contributed by atoms with Crippen molar-refractivity contribution < 1.29 is 9.90 Å². The molecule has 0 aliphatic heterocycles. The number of aryl methyl sites for hydroxylation is 2. The van der Waals surface area contributed by atoms with Crippen LogP contribution in [0, 0.1) is 6.92 Å². The van der Waals surface area contributed by atoms with Crippen LogP contribution in [0.3, 0.4) is 0 Å². The van der Waals surface area contributed by atoms with E-state index in [1.54, 1.807) is 4.68 Å². The minimum Gasteiger partial charge on any atom is -0.481 e. The Balaban J connectivity index is 1.99. The van der Waals surface area contributed by atoms with Gasteiger partial charge in [0, 0.05) is 19.3 Å². The highest BCUT2D eigenvalue weighted by Crippen LogP contribution is 2.41. The monoisotopic (exact) mass is 293 g/mol. The molecule has 0 atom stereocenters. The van der Waals surface area contributed by atoms with Crippen LogP contribution in [0.25, 0.3) is 11.4 Å². The zero-order chi connectivity index (χ0) is 14.3. The molecule has 106 valence electrons. The highest BCUT2D eigenvalue weighted by molar-refractivity contribution is 7.99. The van der Waals surface area contributed by atoms with Crippen LogP contribution in [0.15, 0.2) is 11.4 Å². The molecule has 2 heterocycles. The number of thioether (sulfide) groups is 1. The summed E-state index contributed by atoms with van der Waals surface area (Å²) in [6.07, 6.45) is 4.10. The predicted molar refractivity (Wildman–Crippen MR) is 73.6 cm³/mol. The second-order valence-corrected chi connectivity index (χ2v) is 5.83. The fourth-order valence-electron chi connectivity index (χ4n) is 2.17. The maximum atomic E-state index is 10.7. The molecule has 0 aromatic carbocycles. The molecule has 20 heavy (non-hydrogen) atoms. The van der Waals surface area contributed by atoms with E-state index in [4.69, 9.17) is 5.11 Å². The fraction of sp³-hybridized carbons (Fsp3) is 0.500. The van der Waals surface area contributed by atoms with E-state index >= 15 is 0 Å². The number of aliphatic carboxylic acids is 1. The van der Waals surface area contributed by atoms with Gasteiger partial charge in [0.1, 0.15) is 0 Å². The van der Waals surface area contributed by atoms with E-state index in [-0.39, 0.29) is 5.75 Å². The predicted octanol–water partition coefficient (Wildman–Crippen LogP) is 1.50. The Kier molecular flexibility index (Phi) is 3.25. The summed E-state index contributed by atoms with van der Waals surface area (Å²) < 4.78 is 3.80. The zero-order valence-electron chi connectivity index (χ0n) is 11.3. The Morgan fingerprint density at radius 2 is 2.25 bits per heavy atom. The molecule has 1 N–H and O–H groups in total. The van der Waals surface area contributed by atoms with E-state index in [1.807, 2.05) is 20.2 Å². The van der Waals surface area contributed by atoms with Gasteiger partial charge in [0.25, 0.3) is 0 Å². The summed E-state index contributed by atoms with van der Waals surface area (Å²) in [6, 6.07) is 0.385. The summed E-state index contributed by atoms with van der Waals surface area (Å²) in [6.45, 7) is 1.94. The smallest absolute Gasteiger partial charge is 0.313 e. The summed E-state index contributed by atoms with van der Waals surface area (Å²) >= 11 is 1.21. The summed E-state index contributed by atoms with van der Waals surface area (Å²) in [4.78, 5) is 10.7. The van der Waals surface area contributed by atoms with Gasteiger partial charge in [0.05, 0.1) is 17.0 Å². The maximum absolute atomic E-state index is 10.7. The molecule has 7 nitrogen and oxygen atoms in total. The number of aromatic nitrogens is 5. The van der Waals surface area contributed by atoms with Crippen LogP contribution in [0.4, 0.5) is 0 Å². The highest BCUT2D eigenvalue weighted by atomic mass is 32.2. The molecule has 8 heteroatoms. The minimum atomic E-state index is -0.848. The Bertz CT molecular complexity index is 659. The average molecular weight is 293 g/mol. The lowest BCUT2D eigenvalue weighted by Gasteiger charge is -2.07. The average Bonchev–Trinajstić information content (AvgIpc) is 3.04. The van der Waals surface area contributed by atoms with Crippen LogP contribution in [-0.2, 0) is 11.8 Å². The van der Waals surface area contributed by atoms with Gasteiger partial charge in [-0.25, -0.2) is 0 Å². The van der Waals surface area contributed by atoms with E-state index in [9.17, 15) is 4.79 Å². The van der Waals surface area contributed by atoms with E-state index < -0.39 is 5.97 Å². The van der Waals surface area contributed by atoms with Crippen LogP contribution in [0.5, 0.6) is 0 Å². The molecule has 0 bridgehead atoms. The number of carboxylic acid groups (broad SMARTS) is 1. The first-order chi connectivity index (χ1) is 9.56. The highest BCUT2D eigenvalue weighted by Gasteiger charge is 2.31. The minimum absolute atomic E-state index is 0.00310. The number of carbonyl (C=O) groups is 1. The number of carboxylic acids is 1. The summed E-state index contributed by atoms with van der Waals surface area (Å²) in [5.74, 6) is -0.0675. The van der Waals surface area contributed by atoms with E-state index in [0.29, 0.717) is 11.2 Å². The van der Waals surface area contributed by atoms with Crippen molar-refractivity contribution in [1.82, 2.24) is 24.5 Å². The molecule has 0 unspecified atom stereocenters. The van der Waals surface area contributed by atoms with Gasteiger partial charge in [-0.3, -0.25) is 14.0 Å². The van der Waals surface area contributed by atoms with E-state index in [2.05, 4.69) is 19.9 Å². The third-order valence-electron chi connectivity index (χ3n) is 3.16. The lowest BCUT2D eigenvalue weighted by Crippen LogP contribution is -2.03. The molecule has 2 aromatic heterocycles. The fourth-order valence-corrected chi connectivity index (χ4v) is 2.89. The van der Waals surface area contributed by atoms with Gasteiger partial charge in [0.15, 0.2) is 11.0 Å². The molecule has 0 saturated heterocycles. The number of nitrogens with zero attached hydrogens (tertiary/aromatic N) is 5. The Morgan fingerprint density at radius 1 is 1.50 bits per heavy atom. The summed E-state index contributed by atoms with van der Waals surface area (Å²) in [5.41, 5.74) is 1.85. The van der Waals surface area contributed by atoms with E-state index in [0.717, 1.165) is 29.9 Å². The molecule has 0 spiro atoms. The van der Waals surface area contributed by atoms with Gasteiger partial charge >= 0.3 is 5.97 Å². The Morgan fingerprint density at radius 3 is 2.80 bits per heavy atom. The third kappa shape index (κ3) is 2.43. The molecule has 1 aliphatic rings. The molecule has 1 aliphatic carbocycles. The largest absolute Gasteiger partial charge is 0.481 e. The summed E-state index contributed by atoms with van der Waals surface area (Å²) in [7, 11) is 1.87. The van der Waals surface area contributed by atoms with Crippen molar-refractivity contribution >= 4 is 17.7 Å². The maximum Gasteiger partial charge on any atom is 0.313 e. The van der Waals surface area contributed by atoms with Crippen molar-refractivity contribution in [3.63, 3.8) is 0 Å². The van der Waals surface area contributed by atoms with Crippen LogP contribution < -0.4 is 0 Å². The Hall–Kier alpha value is -1.83. The first-order valence-electron chi connectivity index (χ1n) is 6.36. The summed E-state index contributed by atoms with van der Waals surface area (Å²) in [5, 5.41) is 22.2. The molecule has 0 radical (unpaired) electrons. The van der Waals surface area contributed by atoms with Gasteiger partial charge in [-0.2, -0.15) is 5.10 Å². The van der Waals surface area contributed by atoms with Crippen molar-refractivity contribution in [2.24, 2.45) is 7.05 Å². The van der Waals surface area contributed by atoms with Crippen LogP contribution in [0.1, 0.15) is 24.6 Å². The topological polar surface area (TPSA) is 85.8 Å². The molecular weight excluding hydrogens is 278 g/mol. The lowest BCUT2D eigenvalue weighted by atomic mass is 10.2. The van der Waals surface area contributed by atoms with Crippen molar-refractivity contribution in [1.29, 1.82) is 0 Å². The van der Waals surface area contributed by atoms with Gasteiger partial charge in [-0.05, 0) is 19.8 Å². The van der Waals surface area contributed by atoms with Crippen molar-refractivity contribution in [3.8, 4) is 11.4 Å². The van der Waals surface area contributed by atoms with Gasteiger partial charge in [0.2, 0.25) is 0 Å². The Labute approximate surface area is 120 Å². The van der Waals surface area contributed by atoms with Crippen molar-refractivity contribution in [2.45, 2.75) is 31.0 Å². The van der Waals surface area contributed by atoms with Crippen molar-refractivity contribution in [3.05, 3.63) is 11.9 Å². The molecule has 2 aromatic rings. The standard InChI is InChI=1S/C12H15N5O2S/c1-7-9(5-16(2)15-7)11-13-14-12(20-6-10(18)19)17(11)8-3-4-8/h5,8H,3-4,6H2,1-2H3,(H,18,19). The first-order valence-corrected chi connectivity index (χ1v) is 7.35. The molecule has 3 rings (SSSR count).